The van der Waals surface area contributed by atoms with Crippen LogP contribution in [0.15, 0.2) is 0 Å². The molecular formula is C15H26O8. The van der Waals surface area contributed by atoms with Gasteiger partial charge >= 0.3 is 11.9 Å². The summed E-state index contributed by atoms with van der Waals surface area (Å²) in [5.41, 5.74) is 0. The maximum atomic E-state index is 11.0. The third-order valence-corrected chi connectivity index (χ3v) is 4.03. The zero-order chi connectivity index (χ0) is 17.2. The number of rotatable bonds is 4. The number of carboxylic acid groups (broad SMARTS) is 1. The second-order valence-corrected chi connectivity index (χ2v) is 5.69. The Bertz CT molecular complexity index is 356. The smallest absolute Gasteiger partial charge is 0.311 e. The van der Waals surface area contributed by atoms with Crippen LogP contribution < -0.4 is 0 Å². The molecule has 4 atom stereocenters. The molecule has 2 aliphatic heterocycles. The lowest BCUT2D eigenvalue weighted by Crippen LogP contribution is -2.33. The summed E-state index contributed by atoms with van der Waals surface area (Å²) < 4.78 is 14.9. The van der Waals surface area contributed by atoms with Crippen molar-refractivity contribution in [2.45, 2.75) is 37.9 Å². The topological polar surface area (TPSA) is 123 Å². The van der Waals surface area contributed by atoms with E-state index in [4.69, 9.17) is 24.8 Å². The highest BCUT2D eigenvalue weighted by atomic mass is 16.5. The Morgan fingerprint density at radius 3 is 1.74 bits per heavy atom. The van der Waals surface area contributed by atoms with Gasteiger partial charge in [-0.15, -0.1) is 0 Å². The molecular weight excluding hydrogens is 308 g/mol. The second kappa shape index (κ2) is 10.5. The number of hydrogen-bond acceptors (Lipinski definition) is 7. The third-order valence-electron chi connectivity index (χ3n) is 4.03. The van der Waals surface area contributed by atoms with Gasteiger partial charge in [0.05, 0.1) is 57.6 Å². The summed E-state index contributed by atoms with van der Waals surface area (Å²) in [6.07, 6.45) is 2.50. The van der Waals surface area contributed by atoms with E-state index < -0.39 is 5.97 Å². The molecule has 2 fully saturated rings. The van der Waals surface area contributed by atoms with Gasteiger partial charge in [-0.05, 0) is 25.7 Å². The van der Waals surface area contributed by atoms with Gasteiger partial charge in [0, 0.05) is 0 Å². The van der Waals surface area contributed by atoms with Crippen LogP contribution in [0.3, 0.4) is 0 Å². The molecule has 4 unspecified atom stereocenters. The lowest BCUT2D eigenvalue weighted by molar-refractivity contribution is -0.153. The van der Waals surface area contributed by atoms with Crippen molar-refractivity contribution in [1.82, 2.24) is 0 Å². The molecule has 8 heteroatoms. The molecule has 0 spiro atoms. The standard InChI is InChI=1S/C8H14O4.C7H12O4/c1-11-8(10)6-2-3-7(4-9)12-5-6;8-3-6-2-1-5(4-11-6)7(9)10/h6-7,9H,2-5H2,1H3;5-6,8H,1-4H2,(H,9,10). The monoisotopic (exact) mass is 334 g/mol. The normalized spacial score (nSPS) is 30.7. The van der Waals surface area contributed by atoms with Crippen LogP contribution in [0, 0.1) is 11.8 Å². The molecule has 23 heavy (non-hydrogen) atoms. The molecule has 0 aromatic carbocycles. The van der Waals surface area contributed by atoms with Crippen LogP contribution in [-0.2, 0) is 23.8 Å². The summed E-state index contributed by atoms with van der Waals surface area (Å²) in [7, 11) is 1.38. The van der Waals surface area contributed by atoms with Gasteiger partial charge in [-0.2, -0.15) is 0 Å². The van der Waals surface area contributed by atoms with Gasteiger partial charge in [0.1, 0.15) is 0 Å². The number of aliphatic hydroxyl groups is 2. The molecule has 134 valence electrons. The SMILES string of the molecule is COC(=O)C1CCC(CO)OC1.O=C(O)C1CCC(CO)OC1. The molecule has 0 aliphatic carbocycles. The Kier molecular flexibility index (Phi) is 9.08. The first kappa shape index (κ1) is 19.8. The highest BCUT2D eigenvalue weighted by Crippen LogP contribution is 2.19. The van der Waals surface area contributed by atoms with Crippen molar-refractivity contribution >= 4 is 11.9 Å². The van der Waals surface area contributed by atoms with Gasteiger partial charge in [-0.1, -0.05) is 0 Å². The number of methoxy groups -OCH3 is 1. The van der Waals surface area contributed by atoms with Crippen LogP contribution in [0.1, 0.15) is 25.7 Å². The number of hydrogen-bond donors (Lipinski definition) is 3. The molecule has 0 radical (unpaired) electrons. The minimum atomic E-state index is -0.804. The lowest BCUT2D eigenvalue weighted by atomic mass is 9.99. The molecule has 0 saturated carbocycles. The minimum absolute atomic E-state index is 0.00760. The number of carbonyl (C=O) groups is 2. The molecule has 2 heterocycles. The van der Waals surface area contributed by atoms with Crippen molar-refractivity contribution in [2.75, 3.05) is 33.5 Å². The number of esters is 1. The van der Waals surface area contributed by atoms with Crippen molar-refractivity contribution in [3.8, 4) is 0 Å². The Balaban J connectivity index is 0.000000231. The molecule has 3 N–H and O–H groups in total. The first-order valence-electron chi connectivity index (χ1n) is 7.77. The Morgan fingerprint density at radius 1 is 0.957 bits per heavy atom. The molecule has 0 aromatic rings. The van der Waals surface area contributed by atoms with Crippen molar-refractivity contribution in [2.24, 2.45) is 11.8 Å². The predicted molar refractivity (Wildman–Crippen MR) is 78.8 cm³/mol. The quantitative estimate of drug-likeness (QED) is 0.604. The van der Waals surface area contributed by atoms with Gasteiger partial charge in [0.2, 0.25) is 0 Å². The molecule has 2 rings (SSSR count). The zero-order valence-electron chi connectivity index (χ0n) is 13.3. The van der Waals surface area contributed by atoms with E-state index in [-0.39, 0.29) is 49.8 Å². The van der Waals surface area contributed by atoms with Gasteiger partial charge in [0.25, 0.3) is 0 Å². The highest BCUT2D eigenvalue weighted by Gasteiger charge is 2.27. The Hall–Kier alpha value is -1.22. The van der Waals surface area contributed by atoms with E-state index in [1.807, 2.05) is 0 Å². The Morgan fingerprint density at radius 2 is 1.43 bits per heavy atom. The minimum Gasteiger partial charge on any atom is -0.481 e. The van der Waals surface area contributed by atoms with Crippen LogP contribution in [0.5, 0.6) is 0 Å². The first-order chi connectivity index (χ1) is 11.0. The van der Waals surface area contributed by atoms with Crippen molar-refractivity contribution in [3.63, 3.8) is 0 Å². The Labute approximate surface area is 135 Å². The van der Waals surface area contributed by atoms with E-state index in [9.17, 15) is 9.59 Å². The number of carbonyl (C=O) groups excluding carboxylic acids is 1. The summed E-state index contributed by atoms with van der Waals surface area (Å²) in [6.45, 7) is 0.638. The number of aliphatic carboxylic acids is 1. The lowest BCUT2D eigenvalue weighted by Gasteiger charge is -2.25. The average molecular weight is 334 g/mol. The van der Waals surface area contributed by atoms with Crippen molar-refractivity contribution in [3.05, 3.63) is 0 Å². The first-order valence-corrected chi connectivity index (χ1v) is 7.77. The van der Waals surface area contributed by atoms with E-state index in [0.717, 1.165) is 12.8 Å². The number of ether oxygens (including phenoxy) is 3. The summed E-state index contributed by atoms with van der Waals surface area (Å²) in [4.78, 5) is 21.4. The van der Waals surface area contributed by atoms with E-state index >= 15 is 0 Å². The van der Waals surface area contributed by atoms with E-state index in [0.29, 0.717) is 19.4 Å². The van der Waals surface area contributed by atoms with Crippen LogP contribution in [0.2, 0.25) is 0 Å². The third kappa shape index (κ3) is 6.82. The van der Waals surface area contributed by atoms with Gasteiger partial charge in [-0.25, -0.2) is 0 Å². The summed E-state index contributed by atoms with van der Waals surface area (Å²) in [5.74, 6) is -1.54. The zero-order valence-corrected chi connectivity index (χ0v) is 13.3. The predicted octanol–water partition coefficient (Wildman–Crippen LogP) is -0.195. The molecule has 0 aromatic heterocycles. The fourth-order valence-corrected chi connectivity index (χ4v) is 2.45. The molecule has 0 amide bonds. The molecule has 2 aliphatic rings. The van der Waals surface area contributed by atoms with Crippen molar-refractivity contribution in [1.29, 1.82) is 0 Å². The van der Waals surface area contributed by atoms with Crippen LogP contribution >= 0.6 is 0 Å². The van der Waals surface area contributed by atoms with Crippen molar-refractivity contribution < 1.29 is 39.1 Å². The fraction of sp³-hybridized carbons (Fsp3) is 0.867. The maximum Gasteiger partial charge on any atom is 0.311 e. The van der Waals surface area contributed by atoms with Gasteiger partial charge < -0.3 is 29.5 Å². The van der Waals surface area contributed by atoms with Crippen LogP contribution in [0.25, 0.3) is 0 Å². The molecule has 8 nitrogen and oxygen atoms in total. The number of aliphatic hydroxyl groups excluding tert-OH is 2. The maximum absolute atomic E-state index is 11.0. The van der Waals surface area contributed by atoms with Crippen LogP contribution in [0.4, 0.5) is 0 Å². The number of carboxylic acids is 1. The van der Waals surface area contributed by atoms with Crippen LogP contribution in [-0.4, -0.2) is 73.0 Å². The highest BCUT2D eigenvalue weighted by molar-refractivity contribution is 5.72. The van der Waals surface area contributed by atoms with E-state index in [1.54, 1.807) is 0 Å². The van der Waals surface area contributed by atoms with Gasteiger partial charge in [0.15, 0.2) is 0 Å². The summed E-state index contributed by atoms with van der Waals surface area (Å²) in [6, 6.07) is 0. The molecule has 2 saturated heterocycles. The molecule has 0 bridgehead atoms. The fourth-order valence-electron chi connectivity index (χ4n) is 2.45. The average Bonchev–Trinajstić information content (AvgIpc) is 2.61. The second-order valence-electron chi connectivity index (χ2n) is 5.69. The summed E-state index contributed by atoms with van der Waals surface area (Å²) in [5, 5.41) is 25.9. The largest absolute Gasteiger partial charge is 0.481 e. The summed E-state index contributed by atoms with van der Waals surface area (Å²) >= 11 is 0. The van der Waals surface area contributed by atoms with Gasteiger partial charge in [-0.3, -0.25) is 9.59 Å². The van der Waals surface area contributed by atoms with E-state index in [1.165, 1.54) is 7.11 Å². The van der Waals surface area contributed by atoms with E-state index in [2.05, 4.69) is 4.74 Å².